The lowest BCUT2D eigenvalue weighted by molar-refractivity contribution is -0.132. The van der Waals surface area contributed by atoms with Crippen molar-refractivity contribution in [1.82, 2.24) is 9.80 Å². The summed E-state index contributed by atoms with van der Waals surface area (Å²) < 4.78 is 0.958. The van der Waals surface area contributed by atoms with Crippen molar-refractivity contribution in [2.75, 3.05) is 26.2 Å². The number of carbonyl (C=O) groups is 2. The predicted octanol–water partition coefficient (Wildman–Crippen LogP) is 3.76. The van der Waals surface area contributed by atoms with Gasteiger partial charge in [0.1, 0.15) is 0 Å². The Morgan fingerprint density at radius 3 is 2.12 bits per heavy atom. The van der Waals surface area contributed by atoms with Crippen LogP contribution in [0.3, 0.4) is 0 Å². The third kappa shape index (κ3) is 4.94. The van der Waals surface area contributed by atoms with Gasteiger partial charge in [0.2, 0.25) is 5.91 Å². The largest absolute Gasteiger partial charge is 0.339 e. The molecule has 1 aliphatic heterocycles. The summed E-state index contributed by atoms with van der Waals surface area (Å²) in [6.45, 7) is 2.43. The Hall–Kier alpha value is -2.14. The molecule has 2 aromatic carbocycles. The number of aryl methyl sites for hydroxylation is 1. The first-order chi connectivity index (χ1) is 12.6. The average molecular weight is 415 g/mol. The number of hydrogen-bond donors (Lipinski definition) is 0. The molecule has 5 heteroatoms. The number of benzene rings is 2. The molecule has 2 aromatic rings. The lowest BCUT2D eigenvalue weighted by atomic mass is 10.1. The minimum absolute atomic E-state index is 0.0358. The van der Waals surface area contributed by atoms with Crippen molar-refractivity contribution >= 4 is 27.7 Å². The van der Waals surface area contributed by atoms with E-state index in [1.54, 1.807) is 0 Å². The van der Waals surface area contributed by atoms with Crippen molar-refractivity contribution in [3.8, 4) is 0 Å². The molecule has 3 rings (SSSR count). The summed E-state index contributed by atoms with van der Waals surface area (Å²) in [5.41, 5.74) is 1.96. The fraction of sp³-hybridized carbons (Fsp3) is 0.333. The molecular weight excluding hydrogens is 392 g/mol. The van der Waals surface area contributed by atoms with Crippen LogP contribution in [0.15, 0.2) is 59.1 Å². The van der Waals surface area contributed by atoms with Gasteiger partial charge in [-0.15, -0.1) is 0 Å². The van der Waals surface area contributed by atoms with E-state index in [-0.39, 0.29) is 11.8 Å². The molecule has 0 unspecified atom stereocenters. The fourth-order valence-electron chi connectivity index (χ4n) is 3.18. The van der Waals surface area contributed by atoms with E-state index in [2.05, 4.69) is 28.1 Å². The summed E-state index contributed by atoms with van der Waals surface area (Å²) in [4.78, 5) is 28.6. The number of nitrogens with zero attached hydrogens (tertiary/aromatic N) is 2. The predicted molar refractivity (Wildman–Crippen MR) is 106 cm³/mol. The zero-order valence-corrected chi connectivity index (χ0v) is 16.3. The molecule has 0 N–H and O–H groups in total. The first-order valence-corrected chi connectivity index (χ1v) is 9.79. The molecule has 0 aliphatic carbocycles. The number of rotatable bonds is 5. The van der Waals surface area contributed by atoms with Crippen molar-refractivity contribution in [1.29, 1.82) is 0 Å². The topological polar surface area (TPSA) is 40.6 Å². The zero-order valence-electron chi connectivity index (χ0n) is 14.7. The third-order valence-electron chi connectivity index (χ3n) is 4.71. The number of halogens is 1. The molecular formula is C21H23BrN2O2. The van der Waals surface area contributed by atoms with Gasteiger partial charge in [0.15, 0.2) is 0 Å². The highest BCUT2D eigenvalue weighted by atomic mass is 79.9. The van der Waals surface area contributed by atoms with Gasteiger partial charge in [0.25, 0.3) is 5.91 Å². The SMILES string of the molecule is O=C(CCCc1ccccc1)N1CCN(C(=O)c2ccc(Br)cc2)CC1. The van der Waals surface area contributed by atoms with Gasteiger partial charge in [-0.2, -0.15) is 0 Å². The number of hydrogen-bond acceptors (Lipinski definition) is 2. The van der Waals surface area contributed by atoms with Crippen LogP contribution in [0.1, 0.15) is 28.8 Å². The molecule has 26 heavy (non-hydrogen) atoms. The second kappa shape index (κ2) is 8.99. The maximum absolute atomic E-state index is 12.5. The van der Waals surface area contributed by atoms with Gasteiger partial charge in [0.05, 0.1) is 0 Å². The van der Waals surface area contributed by atoms with Crippen LogP contribution in [-0.4, -0.2) is 47.8 Å². The third-order valence-corrected chi connectivity index (χ3v) is 5.24. The minimum Gasteiger partial charge on any atom is -0.339 e. The molecule has 0 atom stereocenters. The van der Waals surface area contributed by atoms with E-state index in [9.17, 15) is 9.59 Å². The number of amides is 2. The van der Waals surface area contributed by atoms with Crippen molar-refractivity contribution < 1.29 is 9.59 Å². The second-order valence-electron chi connectivity index (χ2n) is 6.52. The summed E-state index contributed by atoms with van der Waals surface area (Å²) in [5.74, 6) is 0.227. The summed E-state index contributed by atoms with van der Waals surface area (Å²) in [6.07, 6.45) is 2.35. The highest BCUT2D eigenvalue weighted by Gasteiger charge is 2.24. The molecule has 0 saturated carbocycles. The minimum atomic E-state index is 0.0358. The highest BCUT2D eigenvalue weighted by molar-refractivity contribution is 9.10. The number of carbonyl (C=O) groups excluding carboxylic acids is 2. The van der Waals surface area contributed by atoms with Crippen LogP contribution in [0.5, 0.6) is 0 Å². The van der Waals surface area contributed by atoms with Gasteiger partial charge in [0, 0.05) is 42.6 Å². The van der Waals surface area contributed by atoms with Crippen LogP contribution in [0.25, 0.3) is 0 Å². The molecule has 1 heterocycles. The highest BCUT2D eigenvalue weighted by Crippen LogP contribution is 2.14. The number of piperazine rings is 1. The summed E-state index contributed by atoms with van der Waals surface area (Å²) >= 11 is 3.38. The summed E-state index contributed by atoms with van der Waals surface area (Å²) in [7, 11) is 0. The Labute approximate surface area is 162 Å². The Morgan fingerprint density at radius 1 is 0.846 bits per heavy atom. The van der Waals surface area contributed by atoms with Gasteiger partial charge < -0.3 is 9.80 Å². The van der Waals surface area contributed by atoms with E-state index in [0.717, 1.165) is 17.3 Å². The van der Waals surface area contributed by atoms with Gasteiger partial charge in [-0.1, -0.05) is 46.3 Å². The first kappa shape index (κ1) is 18.6. The molecule has 136 valence electrons. The van der Waals surface area contributed by atoms with Crippen LogP contribution in [0.4, 0.5) is 0 Å². The zero-order chi connectivity index (χ0) is 18.4. The van der Waals surface area contributed by atoms with E-state index in [1.165, 1.54) is 5.56 Å². The van der Waals surface area contributed by atoms with Crippen LogP contribution < -0.4 is 0 Å². The quantitative estimate of drug-likeness (QED) is 0.746. The van der Waals surface area contributed by atoms with E-state index < -0.39 is 0 Å². The molecule has 0 aromatic heterocycles. The van der Waals surface area contributed by atoms with Crippen molar-refractivity contribution in [3.63, 3.8) is 0 Å². The van der Waals surface area contributed by atoms with Crippen molar-refractivity contribution in [2.45, 2.75) is 19.3 Å². The van der Waals surface area contributed by atoms with E-state index in [0.29, 0.717) is 38.2 Å². The maximum atomic E-state index is 12.5. The summed E-state index contributed by atoms with van der Waals surface area (Å²) in [5, 5.41) is 0. The van der Waals surface area contributed by atoms with Gasteiger partial charge >= 0.3 is 0 Å². The molecule has 4 nitrogen and oxygen atoms in total. The lowest BCUT2D eigenvalue weighted by Gasteiger charge is -2.35. The maximum Gasteiger partial charge on any atom is 0.253 e. The van der Waals surface area contributed by atoms with E-state index in [1.807, 2.05) is 52.3 Å². The Morgan fingerprint density at radius 2 is 1.46 bits per heavy atom. The molecule has 0 spiro atoms. The fourth-order valence-corrected chi connectivity index (χ4v) is 3.44. The Bertz CT molecular complexity index is 738. The normalized spacial score (nSPS) is 14.3. The smallest absolute Gasteiger partial charge is 0.253 e. The second-order valence-corrected chi connectivity index (χ2v) is 7.43. The monoisotopic (exact) mass is 414 g/mol. The first-order valence-electron chi connectivity index (χ1n) is 9.00. The Balaban J connectivity index is 1.43. The van der Waals surface area contributed by atoms with Crippen LogP contribution >= 0.6 is 15.9 Å². The van der Waals surface area contributed by atoms with Gasteiger partial charge in [-0.3, -0.25) is 9.59 Å². The Kier molecular flexibility index (Phi) is 6.45. The van der Waals surface area contributed by atoms with Crippen molar-refractivity contribution in [3.05, 3.63) is 70.2 Å². The van der Waals surface area contributed by atoms with Gasteiger partial charge in [-0.25, -0.2) is 0 Å². The van der Waals surface area contributed by atoms with E-state index in [4.69, 9.17) is 0 Å². The standard InChI is InChI=1S/C21H23BrN2O2/c22-19-11-9-18(10-12-19)21(26)24-15-13-23(14-16-24)20(25)8-4-7-17-5-2-1-3-6-17/h1-3,5-6,9-12H,4,7-8,13-16H2. The van der Waals surface area contributed by atoms with Crippen LogP contribution in [-0.2, 0) is 11.2 Å². The lowest BCUT2D eigenvalue weighted by Crippen LogP contribution is -2.50. The summed E-state index contributed by atoms with van der Waals surface area (Å²) in [6, 6.07) is 17.6. The molecule has 1 aliphatic rings. The van der Waals surface area contributed by atoms with Crippen LogP contribution in [0.2, 0.25) is 0 Å². The average Bonchev–Trinajstić information content (AvgIpc) is 2.69. The molecule has 0 bridgehead atoms. The molecule has 2 amide bonds. The molecule has 0 radical (unpaired) electrons. The van der Waals surface area contributed by atoms with Gasteiger partial charge in [-0.05, 0) is 42.7 Å². The molecule has 1 saturated heterocycles. The molecule has 1 fully saturated rings. The van der Waals surface area contributed by atoms with Crippen LogP contribution in [0, 0.1) is 0 Å². The van der Waals surface area contributed by atoms with Crippen molar-refractivity contribution in [2.24, 2.45) is 0 Å². The van der Waals surface area contributed by atoms with E-state index >= 15 is 0 Å².